The molecule has 9 heteroatoms. The van der Waals surface area contributed by atoms with Gasteiger partial charge in [-0.3, -0.25) is 10.1 Å². The number of rotatable bonds is 7. The van der Waals surface area contributed by atoms with E-state index in [1.165, 1.54) is 4.68 Å². The van der Waals surface area contributed by atoms with Crippen LogP contribution >= 0.6 is 0 Å². The molecule has 0 aliphatic rings. The smallest absolute Gasteiger partial charge is 0.231 e. The first-order valence-corrected chi connectivity index (χ1v) is 10.3. The van der Waals surface area contributed by atoms with Crippen LogP contribution < -0.4 is 11.1 Å². The first kappa shape index (κ1) is 23.0. The van der Waals surface area contributed by atoms with E-state index in [2.05, 4.69) is 42.4 Å². The molecule has 2 aromatic heterocycles. The van der Waals surface area contributed by atoms with E-state index < -0.39 is 0 Å². The summed E-state index contributed by atoms with van der Waals surface area (Å²) in [5.41, 5.74) is 9.08. The number of hydrogen-bond acceptors (Lipinski definition) is 7. The van der Waals surface area contributed by atoms with Crippen LogP contribution in [0.25, 0.3) is 11.3 Å². The van der Waals surface area contributed by atoms with Gasteiger partial charge in [0.2, 0.25) is 11.8 Å². The van der Waals surface area contributed by atoms with Crippen LogP contribution in [-0.2, 0) is 17.6 Å². The van der Waals surface area contributed by atoms with Crippen LogP contribution in [0.3, 0.4) is 0 Å². The van der Waals surface area contributed by atoms with Gasteiger partial charge < -0.3 is 15.4 Å². The Labute approximate surface area is 186 Å². The molecule has 4 N–H and O–H groups in total. The van der Waals surface area contributed by atoms with Gasteiger partial charge in [0.1, 0.15) is 23.1 Å². The highest BCUT2D eigenvalue weighted by Crippen LogP contribution is 2.29. The fourth-order valence-electron chi connectivity index (χ4n) is 3.32. The second-order valence-electron chi connectivity index (χ2n) is 9.04. The largest absolute Gasteiger partial charge is 0.394 e. The van der Waals surface area contributed by atoms with Crippen molar-refractivity contribution in [1.29, 1.82) is 5.26 Å². The Morgan fingerprint density at radius 1 is 1.34 bits per heavy atom. The van der Waals surface area contributed by atoms with Gasteiger partial charge in [-0.2, -0.15) is 10.4 Å². The third-order valence-electron chi connectivity index (χ3n) is 4.87. The summed E-state index contributed by atoms with van der Waals surface area (Å²) in [5.74, 6) is 0.313. The number of aliphatic hydroxyl groups excluding tert-OH is 1. The van der Waals surface area contributed by atoms with Crippen LogP contribution in [-0.4, -0.2) is 32.6 Å². The van der Waals surface area contributed by atoms with Crippen molar-refractivity contribution in [2.75, 3.05) is 17.7 Å². The number of nitriles is 1. The summed E-state index contributed by atoms with van der Waals surface area (Å²) in [7, 11) is 0. The van der Waals surface area contributed by atoms with E-state index in [0.29, 0.717) is 17.1 Å². The van der Waals surface area contributed by atoms with Crippen LogP contribution in [0.15, 0.2) is 34.9 Å². The molecule has 0 spiro atoms. The van der Waals surface area contributed by atoms with Crippen molar-refractivity contribution in [2.24, 2.45) is 5.41 Å². The monoisotopic (exact) mass is 436 g/mol. The number of aliphatic hydroxyl groups is 1. The van der Waals surface area contributed by atoms with Gasteiger partial charge >= 0.3 is 0 Å². The molecular weight excluding hydrogens is 408 g/mol. The molecule has 32 heavy (non-hydrogen) atoms. The van der Waals surface area contributed by atoms with E-state index >= 15 is 0 Å². The maximum absolute atomic E-state index is 12.4. The molecule has 0 radical (unpaired) electrons. The highest BCUT2D eigenvalue weighted by molar-refractivity contribution is 5.91. The lowest BCUT2D eigenvalue weighted by atomic mass is 9.91. The van der Waals surface area contributed by atoms with Crippen LogP contribution in [0.2, 0.25) is 0 Å². The molecule has 0 saturated carbocycles. The quantitative estimate of drug-likeness (QED) is 0.515. The molecule has 1 unspecified atom stereocenters. The summed E-state index contributed by atoms with van der Waals surface area (Å²) >= 11 is 0. The molecule has 0 saturated heterocycles. The maximum atomic E-state index is 12.4. The van der Waals surface area contributed by atoms with Crippen molar-refractivity contribution >= 4 is 17.6 Å². The number of carbonyl (C=O) groups is 1. The first-order chi connectivity index (χ1) is 15.1. The Morgan fingerprint density at radius 2 is 2.03 bits per heavy atom. The van der Waals surface area contributed by atoms with E-state index in [0.717, 1.165) is 17.7 Å². The molecule has 0 fully saturated rings. The second kappa shape index (κ2) is 9.24. The minimum absolute atomic E-state index is 0.0714. The molecule has 1 atom stereocenters. The Morgan fingerprint density at radius 3 is 2.62 bits per heavy atom. The molecular formula is C23H28N6O3. The SMILES string of the molecule is CC(CO)n1nc(-c2ccc(CC(=O)Nc3cc(CC(C)(C)C)no3)cc2)c(C#N)c1N. The zero-order valence-electron chi connectivity index (χ0n) is 18.7. The van der Waals surface area contributed by atoms with Gasteiger partial charge in [0, 0.05) is 11.6 Å². The Balaban J connectivity index is 1.69. The summed E-state index contributed by atoms with van der Waals surface area (Å²) in [5, 5.41) is 30.0. The molecule has 2 heterocycles. The van der Waals surface area contributed by atoms with Crippen molar-refractivity contribution in [1.82, 2.24) is 14.9 Å². The van der Waals surface area contributed by atoms with E-state index in [9.17, 15) is 15.2 Å². The van der Waals surface area contributed by atoms with Gasteiger partial charge in [-0.1, -0.05) is 50.2 Å². The molecule has 0 aliphatic heterocycles. The van der Waals surface area contributed by atoms with E-state index in [-0.39, 0.29) is 41.8 Å². The van der Waals surface area contributed by atoms with Crippen molar-refractivity contribution in [3.05, 3.63) is 47.2 Å². The van der Waals surface area contributed by atoms with Gasteiger partial charge in [-0.05, 0) is 24.3 Å². The summed E-state index contributed by atoms with van der Waals surface area (Å²) in [6, 6.07) is 10.6. The number of benzene rings is 1. The first-order valence-electron chi connectivity index (χ1n) is 10.3. The van der Waals surface area contributed by atoms with Crippen molar-refractivity contribution < 1.29 is 14.4 Å². The molecule has 168 valence electrons. The molecule has 9 nitrogen and oxygen atoms in total. The molecule has 1 aromatic carbocycles. The molecule has 3 rings (SSSR count). The van der Waals surface area contributed by atoms with Gasteiger partial charge in [-0.15, -0.1) is 0 Å². The van der Waals surface area contributed by atoms with Crippen molar-refractivity contribution in [3.8, 4) is 17.3 Å². The average molecular weight is 437 g/mol. The number of anilines is 2. The van der Waals surface area contributed by atoms with Gasteiger partial charge in [-0.25, -0.2) is 4.68 Å². The third kappa shape index (κ3) is 5.34. The van der Waals surface area contributed by atoms with E-state index in [1.807, 2.05) is 0 Å². The Hall–Kier alpha value is -3.64. The lowest BCUT2D eigenvalue weighted by Crippen LogP contribution is -2.14. The molecule has 0 aliphatic carbocycles. The standard InChI is InChI=1S/C23H28N6O3/c1-14(13-30)29-22(25)18(12-24)21(27-29)16-7-5-15(6-8-16)9-19(31)26-20-10-17(28-32-20)11-23(2,3)4/h5-8,10,14,30H,9,11,13,25H2,1-4H3,(H,26,31). The number of hydrogen-bond donors (Lipinski definition) is 3. The Kier molecular flexibility index (Phi) is 6.65. The molecule has 3 aromatic rings. The fraction of sp³-hybridized carbons (Fsp3) is 0.391. The highest BCUT2D eigenvalue weighted by atomic mass is 16.5. The number of nitrogen functional groups attached to an aromatic ring is 1. The number of aromatic nitrogens is 3. The van der Waals surface area contributed by atoms with Gasteiger partial charge in [0.15, 0.2) is 0 Å². The lowest BCUT2D eigenvalue weighted by molar-refractivity contribution is -0.115. The third-order valence-corrected chi connectivity index (χ3v) is 4.87. The second-order valence-corrected chi connectivity index (χ2v) is 9.04. The minimum Gasteiger partial charge on any atom is -0.394 e. The zero-order valence-corrected chi connectivity index (χ0v) is 18.7. The minimum atomic E-state index is -0.348. The topological polar surface area (TPSA) is 143 Å². The number of nitrogens with two attached hydrogens (primary N) is 1. The molecule has 0 bridgehead atoms. The summed E-state index contributed by atoms with van der Waals surface area (Å²) in [6.45, 7) is 7.93. The number of nitrogens with zero attached hydrogens (tertiary/aromatic N) is 4. The summed E-state index contributed by atoms with van der Waals surface area (Å²) < 4.78 is 6.66. The van der Waals surface area contributed by atoms with Crippen LogP contribution in [0.5, 0.6) is 0 Å². The van der Waals surface area contributed by atoms with Crippen LogP contribution in [0.1, 0.15) is 50.6 Å². The van der Waals surface area contributed by atoms with Gasteiger partial charge in [0.25, 0.3) is 0 Å². The van der Waals surface area contributed by atoms with Gasteiger partial charge in [0.05, 0.1) is 24.8 Å². The predicted molar refractivity (Wildman–Crippen MR) is 121 cm³/mol. The molecule has 1 amide bonds. The van der Waals surface area contributed by atoms with Crippen LogP contribution in [0, 0.1) is 16.7 Å². The highest BCUT2D eigenvalue weighted by Gasteiger charge is 2.20. The Bertz CT molecular complexity index is 1130. The lowest BCUT2D eigenvalue weighted by Gasteiger charge is -2.14. The predicted octanol–water partition coefficient (Wildman–Crippen LogP) is 3.32. The summed E-state index contributed by atoms with van der Waals surface area (Å²) in [6.07, 6.45) is 0.898. The zero-order chi connectivity index (χ0) is 23.5. The van der Waals surface area contributed by atoms with Crippen LogP contribution in [0.4, 0.5) is 11.7 Å². The average Bonchev–Trinajstić information content (AvgIpc) is 3.29. The number of amides is 1. The maximum Gasteiger partial charge on any atom is 0.231 e. The van der Waals surface area contributed by atoms with Crippen molar-refractivity contribution in [3.63, 3.8) is 0 Å². The normalized spacial score (nSPS) is 12.4. The van der Waals surface area contributed by atoms with E-state index in [4.69, 9.17) is 10.3 Å². The number of nitrogens with one attached hydrogen (secondary N) is 1. The van der Waals surface area contributed by atoms with Crippen molar-refractivity contribution in [2.45, 2.75) is 46.6 Å². The number of carbonyl (C=O) groups excluding carboxylic acids is 1. The van der Waals surface area contributed by atoms with E-state index in [1.54, 1.807) is 37.3 Å². The summed E-state index contributed by atoms with van der Waals surface area (Å²) in [4.78, 5) is 12.4. The fourth-order valence-corrected chi connectivity index (χ4v) is 3.32.